The zero-order valence-electron chi connectivity index (χ0n) is 11.7. The number of ketones is 1. The first-order chi connectivity index (χ1) is 10.2. The van der Waals surface area contributed by atoms with E-state index in [1.165, 1.54) is 0 Å². The largest absolute Gasteiger partial charge is 0.465 e. The number of epoxide rings is 1. The minimum Gasteiger partial charge on any atom is -0.465 e. The minimum atomic E-state index is -4.21. The van der Waals surface area contributed by atoms with Crippen molar-refractivity contribution < 1.29 is 42.9 Å². The molecule has 1 saturated heterocycles. The molecule has 124 valence electrons. The molecule has 0 amide bonds. The predicted molar refractivity (Wildman–Crippen MR) is 72.0 cm³/mol. The standard InChI is InChI=1S/C12H17O9P/c1-8(12(15)9-7-20-9)6-21-11(14)3-2-10(13)19-4-5-22(16,17)18/h9H,1-7H2,(H2,16,17,18). The number of carbonyl (C=O) groups is 3. The molecule has 0 bridgehead atoms. The van der Waals surface area contributed by atoms with Crippen LogP contribution in [0.5, 0.6) is 0 Å². The number of rotatable bonds is 10. The highest BCUT2D eigenvalue weighted by Gasteiger charge is 2.32. The molecule has 1 atom stereocenters. The van der Waals surface area contributed by atoms with Crippen LogP contribution < -0.4 is 0 Å². The van der Waals surface area contributed by atoms with E-state index >= 15 is 0 Å². The van der Waals surface area contributed by atoms with Crippen LogP contribution in [-0.4, -0.2) is 59.6 Å². The Morgan fingerprint density at radius 3 is 2.23 bits per heavy atom. The van der Waals surface area contributed by atoms with Crippen molar-refractivity contribution in [1.82, 2.24) is 0 Å². The first kappa shape index (κ1) is 18.5. The van der Waals surface area contributed by atoms with Gasteiger partial charge in [-0.1, -0.05) is 6.58 Å². The normalized spacial score (nSPS) is 16.7. The van der Waals surface area contributed by atoms with Gasteiger partial charge in [-0.15, -0.1) is 0 Å². The fourth-order valence-corrected chi connectivity index (χ4v) is 1.62. The second-order valence-corrected chi connectivity index (χ2v) is 6.34. The Labute approximate surface area is 126 Å². The Morgan fingerprint density at radius 1 is 1.18 bits per heavy atom. The Hall–Kier alpha value is -1.54. The van der Waals surface area contributed by atoms with Crippen LogP contribution in [0.2, 0.25) is 0 Å². The molecule has 1 aliphatic rings. The molecule has 0 radical (unpaired) electrons. The molecular weight excluding hydrogens is 319 g/mol. The van der Waals surface area contributed by atoms with Crippen molar-refractivity contribution in [3.05, 3.63) is 12.2 Å². The van der Waals surface area contributed by atoms with Crippen LogP contribution in [0.1, 0.15) is 12.8 Å². The minimum absolute atomic E-state index is 0.111. The van der Waals surface area contributed by atoms with Crippen molar-refractivity contribution in [3.8, 4) is 0 Å². The third-order valence-corrected chi connectivity index (χ3v) is 3.33. The van der Waals surface area contributed by atoms with E-state index in [9.17, 15) is 18.9 Å². The van der Waals surface area contributed by atoms with Crippen LogP contribution >= 0.6 is 7.60 Å². The van der Waals surface area contributed by atoms with Gasteiger partial charge in [0.15, 0.2) is 5.78 Å². The van der Waals surface area contributed by atoms with Gasteiger partial charge in [-0.05, 0) is 0 Å². The average Bonchev–Trinajstić information content (AvgIpc) is 3.24. The van der Waals surface area contributed by atoms with E-state index in [0.717, 1.165) is 0 Å². The first-order valence-corrected chi connectivity index (χ1v) is 8.18. The highest BCUT2D eigenvalue weighted by atomic mass is 31.2. The summed E-state index contributed by atoms with van der Waals surface area (Å²) in [7, 11) is -4.21. The van der Waals surface area contributed by atoms with E-state index in [-0.39, 0.29) is 30.8 Å². The van der Waals surface area contributed by atoms with E-state index in [4.69, 9.17) is 19.3 Å². The van der Waals surface area contributed by atoms with Crippen LogP contribution in [0.4, 0.5) is 0 Å². The van der Waals surface area contributed by atoms with Crippen molar-refractivity contribution in [2.24, 2.45) is 0 Å². The SMILES string of the molecule is C=C(COC(=O)CCC(=O)OCCP(=O)(O)O)C(=O)C1CO1. The summed E-state index contributed by atoms with van der Waals surface area (Å²) in [6, 6.07) is 0. The number of esters is 2. The monoisotopic (exact) mass is 336 g/mol. The van der Waals surface area contributed by atoms with Crippen molar-refractivity contribution in [2.75, 3.05) is 26.0 Å². The average molecular weight is 336 g/mol. The second kappa shape index (κ2) is 8.19. The van der Waals surface area contributed by atoms with E-state index in [1.807, 2.05) is 0 Å². The topological polar surface area (TPSA) is 140 Å². The van der Waals surface area contributed by atoms with Gasteiger partial charge in [-0.25, -0.2) is 0 Å². The molecular formula is C12H17O9P. The van der Waals surface area contributed by atoms with Gasteiger partial charge in [-0.3, -0.25) is 18.9 Å². The van der Waals surface area contributed by atoms with Gasteiger partial charge >= 0.3 is 19.5 Å². The lowest BCUT2D eigenvalue weighted by Crippen LogP contribution is -2.17. The third-order valence-electron chi connectivity index (χ3n) is 2.56. The Balaban J connectivity index is 2.11. The zero-order chi connectivity index (χ0) is 16.8. The summed E-state index contributed by atoms with van der Waals surface area (Å²) in [5.41, 5.74) is 0.111. The summed E-state index contributed by atoms with van der Waals surface area (Å²) in [5.74, 6) is -1.80. The highest BCUT2D eigenvalue weighted by molar-refractivity contribution is 7.51. The van der Waals surface area contributed by atoms with Crippen LogP contribution in [0.25, 0.3) is 0 Å². The molecule has 1 rings (SSSR count). The van der Waals surface area contributed by atoms with Crippen LogP contribution in [0.3, 0.4) is 0 Å². The number of Topliss-reactive ketones (excluding diaryl/α,β-unsaturated/α-hetero) is 1. The molecule has 22 heavy (non-hydrogen) atoms. The smallest absolute Gasteiger partial charge is 0.328 e. The quantitative estimate of drug-likeness (QED) is 0.235. The van der Waals surface area contributed by atoms with Crippen LogP contribution in [-0.2, 0) is 33.2 Å². The number of hydrogen-bond acceptors (Lipinski definition) is 7. The van der Waals surface area contributed by atoms with Gasteiger partial charge in [0, 0.05) is 5.57 Å². The van der Waals surface area contributed by atoms with Gasteiger partial charge in [-0.2, -0.15) is 0 Å². The van der Waals surface area contributed by atoms with E-state index < -0.39 is 38.4 Å². The Bertz CT molecular complexity index is 503. The fraction of sp³-hybridized carbons (Fsp3) is 0.583. The van der Waals surface area contributed by atoms with Crippen LogP contribution in [0.15, 0.2) is 12.2 Å². The molecule has 0 aromatic carbocycles. The molecule has 0 saturated carbocycles. The van der Waals surface area contributed by atoms with Crippen molar-refractivity contribution >= 4 is 25.3 Å². The molecule has 1 heterocycles. The van der Waals surface area contributed by atoms with Crippen molar-refractivity contribution in [1.29, 1.82) is 0 Å². The van der Waals surface area contributed by atoms with E-state index in [0.29, 0.717) is 6.61 Å². The van der Waals surface area contributed by atoms with Gasteiger partial charge in [0.25, 0.3) is 0 Å². The maximum atomic E-state index is 11.4. The first-order valence-electron chi connectivity index (χ1n) is 6.38. The summed E-state index contributed by atoms with van der Waals surface area (Å²) in [6.45, 7) is 3.12. The Kier molecular flexibility index (Phi) is 6.89. The van der Waals surface area contributed by atoms with Crippen molar-refractivity contribution in [3.63, 3.8) is 0 Å². The van der Waals surface area contributed by atoms with E-state index in [1.54, 1.807) is 0 Å². The van der Waals surface area contributed by atoms with Gasteiger partial charge in [0.1, 0.15) is 19.3 Å². The summed E-state index contributed by atoms with van der Waals surface area (Å²) >= 11 is 0. The summed E-state index contributed by atoms with van der Waals surface area (Å²) in [6.07, 6.45) is -1.62. The number of carbonyl (C=O) groups excluding carboxylic acids is 3. The van der Waals surface area contributed by atoms with Crippen LogP contribution in [0, 0.1) is 0 Å². The van der Waals surface area contributed by atoms with Crippen molar-refractivity contribution in [2.45, 2.75) is 18.9 Å². The molecule has 1 aliphatic heterocycles. The lowest BCUT2D eigenvalue weighted by atomic mass is 10.1. The van der Waals surface area contributed by atoms with E-state index in [2.05, 4.69) is 11.3 Å². The number of ether oxygens (including phenoxy) is 3. The molecule has 0 aliphatic carbocycles. The zero-order valence-corrected chi connectivity index (χ0v) is 12.6. The summed E-state index contributed by atoms with van der Waals surface area (Å²) in [5, 5.41) is 0. The predicted octanol–water partition coefficient (Wildman–Crippen LogP) is -0.445. The maximum Gasteiger partial charge on any atom is 0.328 e. The summed E-state index contributed by atoms with van der Waals surface area (Å²) in [4.78, 5) is 51.1. The number of hydrogen-bond donors (Lipinski definition) is 2. The molecule has 0 spiro atoms. The molecule has 2 N–H and O–H groups in total. The molecule has 1 unspecified atom stereocenters. The lowest BCUT2D eigenvalue weighted by Gasteiger charge is -2.07. The second-order valence-electron chi connectivity index (χ2n) is 4.56. The molecule has 10 heteroatoms. The van der Waals surface area contributed by atoms with Gasteiger partial charge in [0.2, 0.25) is 0 Å². The highest BCUT2D eigenvalue weighted by Crippen LogP contribution is 2.33. The third kappa shape index (κ3) is 8.04. The molecule has 1 fully saturated rings. The molecule has 9 nitrogen and oxygen atoms in total. The fourth-order valence-electron chi connectivity index (χ4n) is 1.29. The van der Waals surface area contributed by atoms with Gasteiger partial charge < -0.3 is 24.0 Å². The lowest BCUT2D eigenvalue weighted by molar-refractivity contribution is -0.149. The van der Waals surface area contributed by atoms with Gasteiger partial charge in [0.05, 0.1) is 25.6 Å². The molecule has 0 aromatic rings. The Morgan fingerprint density at radius 2 is 1.73 bits per heavy atom. The maximum absolute atomic E-state index is 11.4. The summed E-state index contributed by atoms with van der Waals surface area (Å²) < 4.78 is 24.6. The molecule has 0 aromatic heterocycles.